The van der Waals surface area contributed by atoms with Crippen LogP contribution >= 0.6 is 11.6 Å². The maximum atomic E-state index is 12.9. The highest BCUT2D eigenvalue weighted by Gasteiger charge is 2.19. The van der Waals surface area contributed by atoms with Crippen LogP contribution in [0.1, 0.15) is 11.6 Å². The maximum absolute atomic E-state index is 12.9. The van der Waals surface area contributed by atoms with Crippen LogP contribution in [0.2, 0.25) is 5.02 Å². The topological polar surface area (TPSA) is 76.2 Å². The molecule has 0 radical (unpaired) electrons. The SMILES string of the molecule is N[C@H](C(=O)O)c1cc(Cl)cnc1F. The molecule has 1 aromatic heterocycles. The number of nitrogens with zero attached hydrogens (tertiary/aromatic N) is 1. The average Bonchev–Trinajstić information content (AvgIpc) is 2.08. The molecule has 0 aliphatic heterocycles. The largest absolute Gasteiger partial charge is 0.480 e. The van der Waals surface area contributed by atoms with E-state index in [4.69, 9.17) is 22.4 Å². The van der Waals surface area contributed by atoms with Gasteiger partial charge in [0.15, 0.2) is 0 Å². The second-order valence-corrected chi connectivity index (χ2v) is 2.79. The number of carboxylic acid groups (broad SMARTS) is 1. The van der Waals surface area contributed by atoms with Gasteiger partial charge in [-0.25, -0.2) is 4.98 Å². The summed E-state index contributed by atoms with van der Waals surface area (Å²) in [7, 11) is 0. The van der Waals surface area contributed by atoms with Crippen molar-refractivity contribution >= 4 is 17.6 Å². The van der Waals surface area contributed by atoms with Gasteiger partial charge in [0.1, 0.15) is 6.04 Å². The number of hydrogen-bond acceptors (Lipinski definition) is 3. The van der Waals surface area contributed by atoms with E-state index in [1.807, 2.05) is 0 Å². The van der Waals surface area contributed by atoms with Crippen molar-refractivity contribution in [3.63, 3.8) is 0 Å². The van der Waals surface area contributed by atoms with Crippen LogP contribution in [0.25, 0.3) is 0 Å². The number of hydrogen-bond donors (Lipinski definition) is 2. The minimum atomic E-state index is -1.44. The Kier molecular flexibility index (Phi) is 2.79. The summed E-state index contributed by atoms with van der Waals surface area (Å²) in [5, 5.41) is 8.63. The molecule has 0 amide bonds. The van der Waals surface area contributed by atoms with Gasteiger partial charge in [0.05, 0.1) is 5.02 Å². The molecule has 0 unspecified atom stereocenters. The monoisotopic (exact) mass is 204 g/mol. The summed E-state index contributed by atoms with van der Waals surface area (Å²) in [6, 6.07) is -0.297. The van der Waals surface area contributed by atoms with Crippen LogP contribution in [-0.4, -0.2) is 16.1 Å². The molecule has 1 rings (SSSR count). The first-order valence-corrected chi connectivity index (χ1v) is 3.69. The first kappa shape index (κ1) is 9.88. The molecule has 70 valence electrons. The minimum absolute atomic E-state index is 0.146. The fraction of sp³-hybridized carbons (Fsp3) is 0.143. The Morgan fingerprint density at radius 1 is 1.77 bits per heavy atom. The van der Waals surface area contributed by atoms with E-state index in [1.165, 1.54) is 0 Å². The summed E-state index contributed by atoms with van der Waals surface area (Å²) >= 11 is 5.49. The van der Waals surface area contributed by atoms with E-state index >= 15 is 0 Å². The van der Waals surface area contributed by atoms with Gasteiger partial charge >= 0.3 is 5.97 Å². The lowest BCUT2D eigenvalue weighted by atomic mass is 10.1. The molecule has 0 aromatic carbocycles. The second-order valence-electron chi connectivity index (χ2n) is 2.35. The lowest BCUT2D eigenvalue weighted by Crippen LogP contribution is -2.22. The number of carbonyl (C=O) groups is 1. The molecular weight excluding hydrogens is 199 g/mol. The number of rotatable bonds is 2. The molecule has 0 saturated carbocycles. The van der Waals surface area contributed by atoms with E-state index in [2.05, 4.69) is 4.98 Å². The fourth-order valence-electron chi connectivity index (χ4n) is 0.789. The summed E-state index contributed by atoms with van der Waals surface area (Å²) in [6.45, 7) is 0. The molecule has 3 N–H and O–H groups in total. The van der Waals surface area contributed by atoms with Crippen LogP contribution in [0.5, 0.6) is 0 Å². The predicted octanol–water partition coefficient (Wildman–Crippen LogP) is 0.958. The van der Waals surface area contributed by atoms with Crippen molar-refractivity contribution in [1.82, 2.24) is 4.98 Å². The zero-order chi connectivity index (χ0) is 10.0. The van der Waals surface area contributed by atoms with Crippen molar-refractivity contribution in [2.24, 2.45) is 5.73 Å². The van der Waals surface area contributed by atoms with Gasteiger partial charge in [-0.1, -0.05) is 11.6 Å². The van der Waals surface area contributed by atoms with Crippen molar-refractivity contribution in [3.8, 4) is 0 Å². The molecule has 6 heteroatoms. The van der Waals surface area contributed by atoms with Gasteiger partial charge in [-0.3, -0.25) is 4.79 Å². The van der Waals surface area contributed by atoms with Gasteiger partial charge in [-0.2, -0.15) is 4.39 Å². The van der Waals surface area contributed by atoms with Crippen molar-refractivity contribution in [2.75, 3.05) is 0 Å². The molecule has 4 nitrogen and oxygen atoms in total. The quantitative estimate of drug-likeness (QED) is 0.704. The first-order valence-electron chi connectivity index (χ1n) is 3.31. The number of aliphatic carboxylic acids is 1. The van der Waals surface area contributed by atoms with Gasteiger partial charge in [0.25, 0.3) is 0 Å². The Morgan fingerprint density at radius 2 is 2.38 bits per heavy atom. The highest BCUT2D eigenvalue weighted by molar-refractivity contribution is 6.30. The lowest BCUT2D eigenvalue weighted by Gasteiger charge is -2.06. The Morgan fingerprint density at radius 3 is 2.92 bits per heavy atom. The Labute approximate surface area is 78.1 Å². The van der Waals surface area contributed by atoms with Crippen LogP contribution < -0.4 is 5.73 Å². The second kappa shape index (κ2) is 3.67. The molecular formula is C7H6ClFN2O2. The highest BCUT2D eigenvalue weighted by Crippen LogP contribution is 2.17. The molecule has 1 aromatic rings. The van der Waals surface area contributed by atoms with Crippen LogP contribution in [0.15, 0.2) is 12.3 Å². The number of aromatic nitrogens is 1. The Hall–Kier alpha value is -1.20. The van der Waals surface area contributed by atoms with Gasteiger partial charge in [0, 0.05) is 11.8 Å². The average molecular weight is 205 g/mol. The number of nitrogens with two attached hydrogens (primary N) is 1. The van der Waals surface area contributed by atoms with E-state index in [-0.39, 0.29) is 10.6 Å². The number of carboxylic acids is 1. The van der Waals surface area contributed by atoms with Crippen LogP contribution in [-0.2, 0) is 4.79 Å². The molecule has 0 bridgehead atoms. The van der Waals surface area contributed by atoms with Gasteiger partial charge < -0.3 is 10.8 Å². The van der Waals surface area contributed by atoms with E-state index in [1.54, 1.807) is 0 Å². The van der Waals surface area contributed by atoms with Gasteiger partial charge in [0.2, 0.25) is 5.95 Å². The van der Waals surface area contributed by atoms with E-state index in [0.717, 1.165) is 12.3 Å². The molecule has 1 heterocycles. The van der Waals surface area contributed by atoms with Crippen LogP contribution in [0.3, 0.4) is 0 Å². The summed E-state index contributed by atoms with van der Waals surface area (Å²) in [5.74, 6) is -2.25. The summed E-state index contributed by atoms with van der Waals surface area (Å²) in [6.07, 6.45) is 1.08. The Balaban J connectivity index is 3.12. The zero-order valence-electron chi connectivity index (χ0n) is 6.37. The summed E-state index contributed by atoms with van der Waals surface area (Å²) in [4.78, 5) is 13.6. The fourth-order valence-corrected chi connectivity index (χ4v) is 0.956. The third-order valence-corrected chi connectivity index (χ3v) is 1.64. The molecule has 0 fully saturated rings. The molecule has 0 saturated heterocycles. The normalized spacial score (nSPS) is 12.5. The van der Waals surface area contributed by atoms with E-state index in [0.29, 0.717) is 0 Å². The molecule has 0 aliphatic rings. The van der Waals surface area contributed by atoms with Crippen molar-refractivity contribution in [3.05, 3.63) is 28.8 Å². The number of pyridine rings is 1. The van der Waals surface area contributed by atoms with Crippen molar-refractivity contribution < 1.29 is 14.3 Å². The van der Waals surface area contributed by atoms with Crippen molar-refractivity contribution in [1.29, 1.82) is 0 Å². The zero-order valence-corrected chi connectivity index (χ0v) is 7.12. The van der Waals surface area contributed by atoms with E-state index in [9.17, 15) is 9.18 Å². The molecule has 0 aliphatic carbocycles. The van der Waals surface area contributed by atoms with Crippen LogP contribution in [0.4, 0.5) is 4.39 Å². The standard InChI is InChI=1S/C7H6ClFN2O2/c8-3-1-4(5(10)7(12)13)6(9)11-2-3/h1-2,5H,10H2,(H,12,13)/t5-/m0/s1. The van der Waals surface area contributed by atoms with Crippen LogP contribution in [0, 0.1) is 5.95 Å². The van der Waals surface area contributed by atoms with E-state index < -0.39 is 18.0 Å². The lowest BCUT2D eigenvalue weighted by molar-refractivity contribution is -0.138. The molecule has 1 atom stereocenters. The summed E-state index contributed by atoms with van der Waals surface area (Å²) in [5.41, 5.74) is 4.95. The third-order valence-electron chi connectivity index (χ3n) is 1.43. The smallest absolute Gasteiger partial charge is 0.325 e. The maximum Gasteiger partial charge on any atom is 0.325 e. The van der Waals surface area contributed by atoms with Gasteiger partial charge in [-0.15, -0.1) is 0 Å². The van der Waals surface area contributed by atoms with Crippen molar-refractivity contribution in [2.45, 2.75) is 6.04 Å². The predicted molar refractivity (Wildman–Crippen MR) is 43.8 cm³/mol. The number of halogens is 2. The molecule has 13 heavy (non-hydrogen) atoms. The first-order chi connectivity index (χ1) is 6.02. The van der Waals surface area contributed by atoms with Gasteiger partial charge in [-0.05, 0) is 6.07 Å². The minimum Gasteiger partial charge on any atom is -0.480 e. The third kappa shape index (κ3) is 2.13. The Bertz CT molecular complexity index is 345. The summed E-state index contributed by atoms with van der Waals surface area (Å²) < 4.78 is 12.9. The molecule has 0 spiro atoms. The highest BCUT2D eigenvalue weighted by atomic mass is 35.5.